The number of hydrogen-bond acceptors (Lipinski definition) is 14. The van der Waals surface area contributed by atoms with Gasteiger partial charge in [0.25, 0.3) is 17.7 Å². The molecule has 10 rings (SSSR count). The number of rotatable bonds is 11. The number of aromatic nitrogens is 4. The van der Waals surface area contributed by atoms with E-state index < -0.39 is 11.9 Å². The Kier molecular flexibility index (Phi) is 12.2. The van der Waals surface area contributed by atoms with Crippen LogP contribution in [0.2, 0.25) is 0 Å². The first-order valence-corrected chi connectivity index (χ1v) is 23.7. The van der Waals surface area contributed by atoms with E-state index in [0.717, 1.165) is 91.8 Å². The summed E-state index contributed by atoms with van der Waals surface area (Å²) >= 11 is 1.50. The number of nitrogens with two attached hydrogens (primary N) is 1. The maximum Gasteiger partial charge on any atom is 0.272 e. The molecule has 5 aliphatic rings. The lowest BCUT2D eigenvalue weighted by atomic mass is 9.91. The average Bonchev–Trinajstić information content (AvgIpc) is 3.91. The Bertz CT molecular complexity index is 2730. The van der Waals surface area contributed by atoms with Gasteiger partial charge in [-0.05, 0) is 110 Å². The molecule has 5 N–H and O–H groups in total. The molecule has 2 unspecified atom stereocenters. The van der Waals surface area contributed by atoms with Crippen molar-refractivity contribution >= 4 is 58.6 Å². The first-order valence-electron chi connectivity index (χ1n) is 22.9. The maximum absolute atomic E-state index is 13.5. The third kappa shape index (κ3) is 9.73. The van der Waals surface area contributed by atoms with Crippen LogP contribution < -0.4 is 31.5 Å². The third-order valence-electron chi connectivity index (χ3n) is 13.6. The van der Waals surface area contributed by atoms with Gasteiger partial charge in [0.15, 0.2) is 11.5 Å². The number of carbonyl (C=O) groups is 5. The lowest BCUT2D eigenvalue weighted by molar-refractivity contribution is -0.136. The van der Waals surface area contributed by atoms with Gasteiger partial charge in [-0.3, -0.25) is 34.2 Å². The minimum Gasteiger partial charge on any atom is -0.355 e. The summed E-state index contributed by atoms with van der Waals surface area (Å²) in [7, 11) is 0. The van der Waals surface area contributed by atoms with Gasteiger partial charge in [0.05, 0.1) is 12.4 Å². The monoisotopic (exact) mass is 920 g/mol. The van der Waals surface area contributed by atoms with Gasteiger partial charge in [0.1, 0.15) is 16.9 Å². The van der Waals surface area contributed by atoms with Crippen LogP contribution in [0, 0.1) is 0 Å². The standard InChI is InChI=1S/C49H52N12O5S/c1-49(50)13-15-59(16-14-49)42-27-52-44(28-51-42)67-37-4-2-3-35(25-37)54-45(63)32-7-6-31-23-36(24-33(31)22-32)58-17-19-60(20-18-58)41-11-9-39(56-57-41)46(64)53-26-30-5-8-38-34(21-30)29-61(48(38)66)40-10-12-43(62)55-47(40)65/h2-9,11,21-22,25,27-28,36,40H,10,12-20,23-24,26,29,50H2,1H3,(H,53,64)(H,54,63)(H,55,62,65). The summed E-state index contributed by atoms with van der Waals surface area (Å²) in [6, 6.07) is 22.4. The van der Waals surface area contributed by atoms with Crippen LogP contribution in [-0.2, 0) is 35.5 Å². The van der Waals surface area contributed by atoms with E-state index in [4.69, 9.17) is 5.73 Å². The summed E-state index contributed by atoms with van der Waals surface area (Å²) in [5.74, 6) is 0.0476. The molecule has 344 valence electrons. The fraction of sp³-hybridized carbons (Fsp3) is 0.367. The van der Waals surface area contributed by atoms with E-state index >= 15 is 0 Å². The maximum atomic E-state index is 13.5. The fourth-order valence-electron chi connectivity index (χ4n) is 9.67. The molecule has 1 aliphatic carbocycles. The van der Waals surface area contributed by atoms with Crippen LogP contribution in [0.5, 0.6) is 0 Å². The highest BCUT2D eigenvalue weighted by Gasteiger charge is 2.39. The number of piperidine rings is 2. The zero-order chi connectivity index (χ0) is 46.2. The van der Waals surface area contributed by atoms with E-state index in [0.29, 0.717) is 35.1 Å². The fourth-order valence-corrected chi connectivity index (χ4v) is 10.5. The first-order chi connectivity index (χ1) is 32.4. The summed E-state index contributed by atoms with van der Waals surface area (Å²) in [5.41, 5.74) is 12.3. The number of fused-ring (bicyclic) bond motifs is 2. The van der Waals surface area contributed by atoms with Gasteiger partial charge in [-0.1, -0.05) is 36.0 Å². The van der Waals surface area contributed by atoms with E-state index in [9.17, 15) is 24.0 Å². The normalized spacial score (nSPS) is 20.3. The van der Waals surface area contributed by atoms with Crippen molar-refractivity contribution in [3.8, 4) is 0 Å². The highest BCUT2D eigenvalue weighted by molar-refractivity contribution is 7.99. The summed E-state index contributed by atoms with van der Waals surface area (Å²) in [6.07, 6.45) is 7.76. The molecule has 67 heavy (non-hydrogen) atoms. The van der Waals surface area contributed by atoms with Crippen LogP contribution in [0.3, 0.4) is 0 Å². The molecule has 17 nitrogen and oxygen atoms in total. The zero-order valence-corrected chi connectivity index (χ0v) is 38.1. The lowest BCUT2D eigenvalue weighted by Crippen LogP contribution is -2.52. The zero-order valence-electron chi connectivity index (χ0n) is 37.2. The van der Waals surface area contributed by atoms with Crippen molar-refractivity contribution in [2.45, 2.75) is 86.1 Å². The van der Waals surface area contributed by atoms with Gasteiger partial charge >= 0.3 is 0 Å². The molecule has 2 atom stereocenters. The molecular weight excluding hydrogens is 869 g/mol. The predicted molar refractivity (Wildman–Crippen MR) is 252 cm³/mol. The highest BCUT2D eigenvalue weighted by Crippen LogP contribution is 2.32. The molecule has 0 saturated carbocycles. The van der Waals surface area contributed by atoms with Gasteiger partial charge < -0.3 is 31.1 Å². The molecule has 0 bridgehead atoms. The van der Waals surface area contributed by atoms with Crippen LogP contribution in [-0.4, -0.2) is 116 Å². The molecule has 4 aliphatic heterocycles. The molecule has 6 heterocycles. The van der Waals surface area contributed by atoms with Gasteiger partial charge in [-0.2, -0.15) is 0 Å². The molecule has 3 saturated heterocycles. The molecular formula is C49H52N12O5S. The topological polar surface area (TPSA) is 212 Å². The third-order valence-corrected chi connectivity index (χ3v) is 14.5. The second-order valence-electron chi connectivity index (χ2n) is 18.4. The van der Waals surface area contributed by atoms with Gasteiger partial charge in [0.2, 0.25) is 11.8 Å². The van der Waals surface area contributed by atoms with Crippen LogP contribution >= 0.6 is 11.8 Å². The Morgan fingerprint density at radius 1 is 0.821 bits per heavy atom. The average molecular weight is 921 g/mol. The summed E-state index contributed by atoms with van der Waals surface area (Å²) < 4.78 is 0. The van der Waals surface area contributed by atoms with Crippen molar-refractivity contribution in [2.75, 3.05) is 54.4 Å². The highest BCUT2D eigenvalue weighted by atomic mass is 32.2. The van der Waals surface area contributed by atoms with Crippen molar-refractivity contribution in [3.63, 3.8) is 0 Å². The molecule has 0 radical (unpaired) electrons. The molecule has 3 aromatic carbocycles. The van der Waals surface area contributed by atoms with Crippen LogP contribution in [0.15, 0.2) is 95.1 Å². The van der Waals surface area contributed by atoms with Crippen LogP contribution in [0.1, 0.15) is 86.1 Å². The molecule has 5 amide bonds. The number of hydrogen-bond donors (Lipinski definition) is 4. The second kappa shape index (κ2) is 18.5. The van der Waals surface area contributed by atoms with Crippen LogP contribution in [0.25, 0.3) is 0 Å². The number of anilines is 3. The predicted octanol–water partition coefficient (Wildman–Crippen LogP) is 3.97. The number of benzene rings is 3. The smallest absolute Gasteiger partial charge is 0.272 e. The largest absolute Gasteiger partial charge is 0.355 e. The van der Waals surface area contributed by atoms with E-state index in [1.807, 2.05) is 54.7 Å². The molecule has 3 fully saturated rings. The van der Waals surface area contributed by atoms with E-state index in [-0.39, 0.29) is 54.4 Å². The van der Waals surface area contributed by atoms with Crippen molar-refractivity contribution in [2.24, 2.45) is 5.73 Å². The summed E-state index contributed by atoms with van der Waals surface area (Å²) in [5, 5.41) is 17.7. The second-order valence-corrected chi connectivity index (χ2v) is 19.5. The minimum absolute atomic E-state index is 0.124. The molecule has 18 heteroatoms. The number of amides is 5. The summed E-state index contributed by atoms with van der Waals surface area (Å²) in [6.45, 7) is 7.56. The van der Waals surface area contributed by atoms with Crippen LogP contribution in [0.4, 0.5) is 17.3 Å². The quantitative estimate of drug-likeness (QED) is 0.138. The van der Waals surface area contributed by atoms with Gasteiger partial charge in [0, 0.05) is 92.1 Å². The Labute approximate surface area is 392 Å². The minimum atomic E-state index is -0.683. The Morgan fingerprint density at radius 2 is 1.63 bits per heavy atom. The van der Waals surface area contributed by atoms with E-state index in [1.165, 1.54) is 27.8 Å². The number of nitrogens with one attached hydrogen (secondary N) is 3. The molecule has 5 aromatic rings. The number of nitrogens with zero attached hydrogens (tertiary/aromatic N) is 8. The van der Waals surface area contributed by atoms with Crippen molar-refractivity contribution in [1.82, 2.24) is 40.6 Å². The molecule has 2 aromatic heterocycles. The van der Waals surface area contributed by atoms with Gasteiger partial charge in [-0.25, -0.2) is 9.97 Å². The number of piperazine rings is 1. The Hall–Kier alpha value is -6.76. The molecule has 0 spiro atoms. The van der Waals surface area contributed by atoms with Gasteiger partial charge in [-0.15, -0.1) is 10.2 Å². The van der Waals surface area contributed by atoms with E-state index in [2.05, 4.69) is 63.8 Å². The number of carbonyl (C=O) groups excluding carboxylic acids is 5. The van der Waals surface area contributed by atoms with Crippen molar-refractivity contribution in [3.05, 3.63) is 124 Å². The number of imide groups is 1. The first kappa shape index (κ1) is 44.1. The van der Waals surface area contributed by atoms with Crippen molar-refractivity contribution in [1.29, 1.82) is 0 Å². The Balaban J connectivity index is 0.672. The summed E-state index contributed by atoms with van der Waals surface area (Å²) in [4.78, 5) is 82.3. The Morgan fingerprint density at radius 3 is 2.39 bits per heavy atom. The van der Waals surface area contributed by atoms with E-state index in [1.54, 1.807) is 24.4 Å². The SMILES string of the molecule is CC1(N)CCN(c2cnc(Sc3cccc(NC(=O)c4ccc5c(c4)CC(N4CCN(c6ccc(C(=O)NCc7ccc8c(c7)CN(C7CCC(=O)NC7=O)C8=O)nn6)CC4)C5)c3)cn2)CC1. The van der Waals surface area contributed by atoms with Crippen molar-refractivity contribution < 1.29 is 24.0 Å². The lowest BCUT2D eigenvalue weighted by Gasteiger charge is -2.38.